The summed E-state index contributed by atoms with van der Waals surface area (Å²) in [6, 6.07) is 7.64. The second-order valence-electron chi connectivity index (χ2n) is 4.96. The third-order valence-electron chi connectivity index (χ3n) is 3.39. The minimum atomic E-state index is -2.92. The standard InChI is InChI=1S/C13H16N4O2S/c18-20(19)7-3-4-11(8-20)16-12-5-1-2-6-13(12)17-10-14-9-15-17/h1-2,5-6,9-11,16H,3-4,7-8H2. The van der Waals surface area contributed by atoms with Crippen LogP contribution in [0.25, 0.3) is 5.69 Å². The van der Waals surface area contributed by atoms with Gasteiger partial charge in [0, 0.05) is 6.04 Å². The molecular formula is C13H16N4O2S. The van der Waals surface area contributed by atoms with Crippen molar-refractivity contribution < 1.29 is 8.42 Å². The third-order valence-corrected chi connectivity index (χ3v) is 5.21. The fraction of sp³-hybridized carbons (Fsp3) is 0.385. The Bertz CT molecular complexity index is 682. The molecule has 1 atom stereocenters. The molecule has 1 saturated heterocycles. The lowest BCUT2D eigenvalue weighted by Crippen LogP contribution is -2.35. The van der Waals surface area contributed by atoms with Crippen molar-refractivity contribution in [2.24, 2.45) is 0 Å². The molecule has 0 saturated carbocycles. The minimum absolute atomic E-state index is 0.0431. The first-order valence-corrected chi connectivity index (χ1v) is 8.37. The van der Waals surface area contributed by atoms with E-state index in [1.807, 2.05) is 24.3 Å². The first kappa shape index (κ1) is 13.1. The average molecular weight is 292 g/mol. The van der Waals surface area contributed by atoms with E-state index in [0.29, 0.717) is 12.2 Å². The van der Waals surface area contributed by atoms with Crippen molar-refractivity contribution in [3.05, 3.63) is 36.9 Å². The average Bonchev–Trinajstić information content (AvgIpc) is 2.92. The molecule has 0 spiro atoms. The molecule has 1 fully saturated rings. The second kappa shape index (κ2) is 5.24. The number of benzene rings is 1. The summed E-state index contributed by atoms with van der Waals surface area (Å²) in [4.78, 5) is 3.94. The van der Waals surface area contributed by atoms with Crippen LogP contribution in [0.2, 0.25) is 0 Å². The highest BCUT2D eigenvalue weighted by Crippen LogP contribution is 2.22. The van der Waals surface area contributed by atoms with Gasteiger partial charge in [-0.2, -0.15) is 5.10 Å². The maximum atomic E-state index is 11.7. The van der Waals surface area contributed by atoms with E-state index >= 15 is 0 Å². The Morgan fingerprint density at radius 3 is 2.90 bits per heavy atom. The number of para-hydroxylation sites is 2. The Kier molecular flexibility index (Phi) is 3.43. The van der Waals surface area contributed by atoms with E-state index in [1.54, 1.807) is 11.0 Å². The quantitative estimate of drug-likeness (QED) is 0.921. The molecule has 20 heavy (non-hydrogen) atoms. The molecule has 6 nitrogen and oxygen atoms in total. The van der Waals surface area contributed by atoms with Gasteiger partial charge in [-0.05, 0) is 25.0 Å². The summed E-state index contributed by atoms with van der Waals surface area (Å²) >= 11 is 0. The molecular weight excluding hydrogens is 276 g/mol. The Balaban J connectivity index is 1.85. The summed E-state index contributed by atoms with van der Waals surface area (Å²) in [6.45, 7) is 0. The molecule has 0 aliphatic carbocycles. The molecule has 0 amide bonds. The molecule has 1 unspecified atom stereocenters. The fourth-order valence-electron chi connectivity index (χ4n) is 2.48. The van der Waals surface area contributed by atoms with E-state index in [2.05, 4.69) is 15.4 Å². The minimum Gasteiger partial charge on any atom is -0.380 e. The lowest BCUT2D eigenvalue weighted by Gasteiger charge is -2.25. The highest BCUT2D eigenvalue weighted by Gasteiger charge is 2.25. The van der Waals surface area contributed by atoms with Crippen molar-refractivity contribution in [1.29, 1.82) is 0 Å². The Morgan fingerprint density at radius 2 is 2.15 bits per heavy atom. The van der Waals surface area contributed by atoms with Gasteiger partial charge in [0.2, 0.25) is 0 Å². The number of aromatic nitrogens is 3. The maximum absolute atomic E-state index is 11.7. The molecule has 106 valence electrons. The summed E-state index contributed by atoms with van der Waals surface area (Å²) in [5, 5.41) is 7.44. The predicted octanol–water partition coefficient (Wildman–Crippen LogP) is 1.26. The first-order chi connectivity index (χ1) is 9.64. The maximum Gasteiger partial charge on any atom is 0.152 e. The molecule has 1 aromatic carbocycles. The number of sulfone groups is 1. The summed E-state index contributed by atoms with van der Waals surface area (Å²) in [5.41, 5.74) is 1.74. The number of anilines is 1. The van der Waals surface area contributed by atoms with Gasteiger partial charge in [0.25, 0.3) is 0 Å². The first-order valence-electron chi connectivity index (χ1n) is 6.55. The van der Waals surface area contributed by atoms with E-state index < -0.39 is 9.84 Å². The molecule has 1 aromatic heterocycles. The van der Waals surface area contributed by atoms with Gasteiger partial charge in [0.15, 0.2) is 9.84 Å². The lowest BCUT2D eigenvalue weighted by molar-refractivity contribution is 0.562. The Hall–Kier alpha value is -1.89. The largest absolute Gasteiger partial charge is 0.380 e. The predicted molar refractivity (Wildman–Crippen MR) is 76.7 cm³/mol. The molecule has 1 aliphatic rings. The van der Waals surface area contributed by atoms with Crippen LogP contribution in [-0.2, 0) is 9.84 Å². The van der Waals surface area contributed by atoms with Gasteiger partial charge in [-0.15, -0.1) is 0 Å². The van der Waals surface area contributed by atoms with E-state index in [1.165, 1.54) is 6.33 Å². The van der Waals surface area contributed by atoms with E-state index in [-0.39, 0.29) is 11.8 Å². The summed E-state index contributed by atoms with van der Waals surface area (Å²) < 4.78 is 25.1. The smallest absolute Gasteiger partial charge is 0.152 e. The van der Waals surface area contributed by atoms with Crippen LogP contribution < -0.4 is 5.32 Å². The van der Waals surface area contributed by atoms with Crippen molar-refractivity contribution in [2.75, 3.05) is 16.8 Å². The zero-order valence-electron chi connectivity index (χ0n) is 10.9. The van der Waals surface area contributed by atoms with Crippen LogP contribution in [0.1, 0.15) is 12.8 Å². The zero-order valence-corrected chi connectivity index (χ0v) is 11.8. The third kappa shape index (κ3) is 2.82. The molecule has 7 heteroatoms. The van der Waals surface area contributed by atoms with Gasteiger partial charge in [-0.3, -0.25) is 0 Å². The SMILES string of the molecule is O=S1(=O)CCCC(Nc2ccccc2-n2cncn2)C1. The molecule has 3 rings (SSSR count). The Labute approximate surface area is 117 Å². The molecule has 0 bridgehead atoms. The number of nitrogens with one attached hydrogen (secondary N) is 1. The van der Waals surface area contributed by atoms with E-state index in [4.69, 9.17) is 0 Å². The van der Waals surface area contributed by atoms with Gasteiger partial charge >= 0.3 is 0 Å². The lowest BCUT2D eigenvalue weighted by atomic mass is 10.1. The van der Waals surface area contributed by atoms with Crippen LogP contribution in [0.3, 0.4) is 0 Å². The van der Waals surface area contributed by atoms with Crippen molar-refractivity contribution >= 4 is 15.5 Å². The number of nitrogens with zero attached hydrogens (tertiary/aromatic N) is 3. The summed E-state index contributed by atoms with van der Waals surface area (Å²) in [6.07, 6.45) is 4.68. The van der Waals surface area contributed by atoms with Crippen molar-refractivity contribution in [2.45, 2.75) is 18.9 Å². The van der Waals surface area contributed by atoms with Crippen molar-refractivity contribution in [1.82, 2.24) is 14.8 Å². The second-order valence-corrected chi connectivity index (χ2v) is 7.18. The Morgan fingerprint density at radius 1 is 1.30 bits per heavy atom. The molecule has 1 aliphatic heterocycles. The summed E-state index contributed by atoms with van der Waals surface area (Å²) in [7, 11) is -2.92. The van der Waals surface area contributed by atoms with E-state index in [0.717, 1.165) is 17.8 Å². The normalized spacial score (nSPS) is 21.5. The van der Waals surface area contributed by atoms with Gasteiger partial charge in [0.05, 0.1) is 22.9 Å². The molecule has 1 N–H and O–H groups in total. The van der Waals surface area contributed by atoms with Crippen LogP contribution in [0, 0.1) is 0 Å². The van der Waals surface area contributed by atoms with Gasteiger partial charge < -0.3 is 5.32 Å². The van der Waals surface area contributed by atoms with Crippen LogP contribution in [0.5, 0.6) is 0 Å². The highest BCUT2D eigenvalue weighted by molar-refractivity contribution is 7.91. The van der Waals surface area contributed by atoms with E-state index in [9.17, 15) is 8.42 Å². The van der Waals surface area contributed by atoms with Gasteiger partial charge in [0.1, 0.15) is 12.7 Å². The number of hydrogen-bond donors (Lipinski definition) is 1. The van der Waals surface area contributed by atoms with Gasteiger partial charge in [-0.1, -0.05) is 12.1 Å². The van der Waals surface area contributed by atoms with Crippen molar-refractivity contribution in [3.8, 4) is 5.69 Å². The fourth-order valence-corrected chi connectivity index (χ4v) is 4.12. The number of hydrogen-bond acceptors (Lipinski definition) is 5. The topological polar surface area (TPSA) is 76.9 Å². The zero-order chi connectivity index (χ0) is 14.0. The van der Waals surface area contributed by atoms with Crippen LogP contribution in [0.4, 0.5) is 5.69 Å². The number of rotatable bonds is 3. The summed E-state index contributed by atoms with van der Waals surface area (Å²) in [5.74, 6) is 0.495. The molecule has 2 heterocycles. The van der Waals surface area contributed by atoms with Crippen LogP contribution >= 0.6 is 0 Å². The van der Waals surface area contributed by atoms with Crippen molar-refractivity contribution in [3.63, 3.8) is 0 Å². The molecule has 0 radical (unpaired) electrons. The highest BCUT2D eigenvalue weighted by atomic mass is 32.2. The molecule has 2 aromatic rings. The van der Waals surface area contributed by atoms with Crippen LogP contribution in [0.15, 0.2) is 36.9 Å². The van der Waals surface area contributed by atoms with Crippen LogP contribution in [-0.4, -0.2) is 40.7 Å². The van der Waals surface area contributed by atoms with Gasteiger partial charge in [-0.25, -0.2) is 18.1 Å². The monoisotopic (exact) mass is 292 g/mol.